The molecule has 0 radical (unpaired) electrons. The Bertz CT molecular complexity index is 1410. The Morgan fingerprint density at radius 1 is 0.667 bits per heavy atom. The van der Waals surface area contributed by atoms with E-state index in [1.165, 1.54) is 7.11 Å². The number of carbonyl (C=O) groups excluding carboxylic acids is 2. The molecule has 0 bridgehead atoms. The first-order chi connectivity index (χ1) is 19.5. The predicted molar refractivity (Wildman–Crippen MR) is 168 cm³/mol. The van der Waals surface area contributed by atoms with Crippen LogP contribution in [0.25, 0.3) is 6.08 Å². The fraction of sp³-hybridized carbons (Fsp3) is 0.176. The molecule has 208 valence electrons. The first-order valence-electron chi connectivity index (χ1n) is 13.0. The predicted octanol–water partition coefficient (Wildman–Crippen LogP) is 5.28. The topological polar surface area (TPSA) is 71.1 Å². The van der Waals surface area contributed by atoms with Crippen LogP contribution in [0.15, 0.2) is 115 Å². The summed E-state index contributed by atoms with van der Waals surface area (Å²) in [6.07, 6.45) is 0.996. The monoisotopic (exact) mass is 584 g/mol. The van der Waals surface area contributed by atoms with Crippen LogP contribution in [-0.2, 0) is 38.7 Å². The number of methoxy groups -OCH3 is 1. The second kappa shape index (κ2) is 18.8. The fourth-order valence-electron chi connectivity index (χ4n) is 3.89. The third kappa shape index (κ3) is 11.5. The Hall–Kier alpha value is -2.68. The standard InChI is InChI=1S/C34H32O6.2Na.2H/c1-25(21-26-13-17-30(18-14-26)38-23-28-9-5-3-6-10-28)33(35)40-34(36)32(37-2)22-27-15-19-31(20-16-27)39-24-29-11-7-4-8-12-29;;;;/h3-21,32H,22-24H2,1-2H3;;;;. The Morgan fingerprint density at radius 3 is 1.62 bits per heavy atom. The number of carbonyl (C=O) groups is 2. The van der Waals surface area contributed by atoms with Gasteiger partial charge in [0.05, 0.1) is 0 Å². The molecular formula is C34H34Na2O6. The van der Waals surface area contributed by atoms with Gasteiger partial charge in [-0.05, 0) is 59.5 Å². The molecule has 0 saturated carbocycles. The van der Waals surface area contributed by atoms with E-state index < -0.39 is 18.0 Å². The van der Waals surface area contributed by atoms with Crippen molar-refractivity contribution in [1.82, 2.24) is 0 Å². The van der Waals surface area contributed by atoms with Gasteiger partial charge in [0.15, 0.2) is 6.10 Å². The van der Waals surface area contributed by atoms with Gasteiger partial charge in [0.25, 0.3) is 0 Å². The van der Waals surface area contributed by atoms with Crippen molar-refractivity contribution >= 4 is 77.1 Å². The van der Waals surface area contributed by atoms with E-state index in [9.17, 15) is 9.59 Å². The maximum atomic E-state index is 12.7. The van der Waals surface area contributed by atoms with Gasteiger partial charge in [0, 0.05) is 19.1 Å². The van der Waals surface area contributed by atoms with Gasteiger partial charge in [0.1, 0.15) is 24.7 Å². The number of hydrogen-bond acceptors (Lipinski definition) is 6. The zero-order valence-corrected chi connectivity index (χ0v) is 22.6. The van der Waals surface area contributed by atoms with Crippen molar-refractivity contribution in [3.63, 3.8) is 0 Å². The van der Waals surface area contributed by atoms with Gasteiger partial charge in [-0.1, -0.05) is 84.9 Å². The number of benzene rings is 4. The minimum atomic E-state index is -0.922. The van der Waals surface area contributed by atoms with Crippen LogP contribution in [0.1, 0.15) is 29.2 Å². The summed E-state index contributed by atoms with van der Waals surface area (Å²) in [5.74, 6) is -0.0264. The average molecular weight is 585 g/mol. The van der Waals surface area contributed by atoms with Gasteiger partial charge in [0.2, 0.25) is 0 Å². The Balaban J connectivity index is 0.00000308. The first-order valence-corrected chi connectivity index (χ1v) is 13.0. The molecule has 4 aromatic carbocycles. The zero-order chi connectivity index (χ0) is 28.2. The molecule has 4 aromatic rings. The van der Waals surface area contributed by atoms with E-state index in [2.05, 4.69) is 0 Å². The average Bonchev–Trinajstić information content (AvgIpc) is 3.00. The summed E-state index contributed by atoms with van der Waals surface area (Å²) in [6.45, 7) is 2.54. The van der Waals surface area contributed by atoms with Crippen LogP contribution < -0.4 is 9.47 Å². The number of esters is 2. The van der Waals surface area contributed by atoms with E-state index in [0.717, 1.165) is 33.8 Å². The van der Waals surface area contributed by atoms with Gasteiger partial charge in [-0.2, -0.15) is 0 Å². The van der Waals surface area contributed by atoms with E-state index in [4.69, 9.17) is 18.9 Å². The zero-order valence-electron chi connectivity index (χ0n) is 22.6. The van der Waals surface area contributed by atoms with Crippen molar-refractivity contribution in [2.45, 2.75) is 32.7 Å². The molecule has 0 aliphatic carbocycles. The molecule has 1 unspecified atom stereocenters. The SMILES string of the molecule is COC(Cc1ccc(OCc2ccccc2)cc1)C(=O)OC(=O)C(C)=Cc1ccc(OCc2ccccc2)cc1.[NaH].[NaH]. The van der Waals surface area contributed by atoms with Crippen LogP contribution >= 0.6 is 0 Å². The van der Waals surface area contributed by atoms with Crippen molar-refractivity contribution in [2.24, 2.45) is 0 Å². The third-order valence-corrected chi connectivity index (χ3v) is 6.17. The van der Waals surface area contributed by atoms with Crippen LogP contribution in [0, 0.1) is 0 Å². The van der Waals surface area contributed by atoms with Gasteiger partial charge in [-0.3, -0.25) is 0 Å². The molecule has 0 aliphatic heterocycles. The quantitative estimate of drug-likeness (QED) is 0.0977. The van der Waals surface area contributed by atoms with Crippen molar-refractivity contribution in [2.75, 3.05) is 7.11 Å². The summed E-state index contributed by atoms with van der Waals surface area (Å²) in [7, 11) is 1.41. The molecule has 0 aromatic heterocycles. The van der Waals surface area contributed by atoms with E-state index >= 15 is 0 Å². The second-order valence-electron chi connectivity index (χ2n) is 9.23. The molecule has 0 saturated heterocycles. The maximum absolute atomic E-state index is 12.7. The molecular weight excluding hydrogens is 550 g/mol. The van der Waals surface area contributed by atoms with Crippen molar-refractivity contribution in [1.29, 1.82) is 0 Å². The molecule has 0 N–H and O–H groups in total. The normalized spacial score (nSPS) is 11.3. The number of ether oxygens (including phenoxy) is 4. The molecule has 0 fully saturated rings. The van der Waals surface area contributed by atoms with Gasteiger partial charge >= 0.3 is 71.1 Å². The number of hydrogen-bond donors (Lipinski definition) is 0. The van der Waals surface area contributed by atoms with Crippen LogP contribution in [0.4, 0.5) is 0 Å². The molecule has 0 aliphatic rings. The van der Waals surface area contributed by atoms with Crippen LogP contribution in [0.5, 0.6) is 11.5 Å². The van der Waals surface area contributed by atoms with E-state index in [1.807, 2.05) is 109 Å². The molecule has 6 nitrogen and oxygen atoms in total. The molecule has 8 heteroatoms. The molecule has 1 atom stereocenters. The van der Waals surface area contributed by atoms with Crippen LogP contribution in [0.3, 0.4) is 0 Å². The van der Waals surface area contributed by atoms with Crippen molar-refractivity contribution in [3.05, 3.63) is 137 Å². The fourth-order valence-corrected chi connectivity index (χ4v) is 3.89. The summed E-state index contributed by atoms with van der Waals surface area (Å²) in [6, 6.07) is 34.5. The number of rotatable bonds is 12. The molecule has 42 heavy (non-hydrogen) atoms. The van der Waals surface area contributed by atoms with E-state index in [0.29, 0.717) is 18.8 Å². The Labute approximate surface area is 291 Å². The van der Waals surface area contributed by atoms with Gasteiger partial charge in [-0.15, -0.1) is 0 Å². The van der Waals surface area contributed by atoms with Crippen molar-refractivity contribution < 1.29 is 28.5 Å². The molecule has 0 amide bonds. The Kier molecular flexibility index (Phi) is 15.9. The summed E-state index contributed by atoms with van der Waals surface area (Å²) in [5, 5.41) is 0. The molecule has 0 heterocycles. The summed E-state index contributed by atoms with van der Waals surface area (Å²) in [5.41, 5.74) is 4.08. The van der Waals surface area contributed by atoms with E-state index in [1.54, 1.807) is 13.0 Å². The molecule has 4 rings (SSSR count). The first kappa shape index (κ1) is 35.5. The van der Waals surface area contributed by atoms with Crippen LogP contribution in [0.2, 0.25) is 0 Å². The van der Waals surface area contributed by atoms with E-state index in [-0.39, 0.29) is 65.5 Å². The molecule has 0 spiro atoms. The second-order valence-corrected chi connectivity index (χ2v) is 9.23. The van der Waals surface area contributed by atoms with Crippen LogP contribution in [-0.4, -0.2) is 84.3 Å². The third-order valence-electron chi connectivity index (χ3n) is 6.17. The summed E-state index contributed by atoms with van der Waals surface area (Å²) < 4.78 is 22.0. The minimum absolute atomic E-state index is 0. The summed E-state index contributed by atoms with van der Waals surface area (Å²) in [4.78, 5) is 25.3. The summed E-state index contributed by atoms with van der Waals surface area (Å²) >= 11 is 0. The van der Waals surface area contributed by atoms with Crippen molar-refractivity contribution in [3.8, 4) is 11.5 Å². The van der Waals surface area contributed by atoms with Gasteiger partial charge in [-0.25, -0.2) is 9.59 Å². The van der Waals surface area contributed by atoms with Gasteiger partial charge < -0.3 is 18.9 Å². The Morgan fingerprint density at radius 2 is 1.14 bits per heavy atom.